The van der Waals surface area contributed by atoms with Crippen molar-refractivity contribution in [3.05, 3.63) is 17.6 Å². The summed E-state index contributed by atoms with van der Waals surface area (Å²) in [4.78, 5) is 20.2. The molecule has 0 bridgehead atoms. The van der Waals surface area contributed by atoms with Crippen LogP contribution in [0.1, 0.15) is 37.4 Å². The topological polar surface area (TPSA) is 81.4 Å². The Morgan fingerprint density at radius 1 is 1.50 bits per heavy atom. The van der Waals surface area contributed by atoms with E-state index < -0.39 is 0 Å². The Balaban J connectivity index is 1.86. The Morgan fingerprint density at radius 2 is 2.32 bits per heavy atom. The van der Waals surface area contributed by atoms with E-state index in [0.29, 0.717) is 25.2 Å². The number of carbonyl (C=O) groups is 1. The summed E-state index contributed by atoms with van der Waals surface area (Å²) < 4.78 is 6.73. The molecule has 2 heterocycles. The lowest BCUT2D eigenvalue weighted by Crippen LogP contribution is -2.15. The SMILES string of the molecule is CCOC(=O)CCc1c(C)nc2ncnn2c1NCC1CC1. The molecule has 0 atom stereocenters. The van der Waals surface area contributed by atoms with Crippen LogP contribution in [0.15, 0.2) is 6.33 Å². The first-order chi connectivity index (χ1) is 10.7. The van der Waals surface area contributed by atoms with Gasteiger partial charge in [0.15, 0.2) is 0 Å². The van der Waals surface area contributed by atoms with Crippen LogP contribution in [0.4, 0.5) is 5.82 Å². The van der Waals surface area contributed by atoms with Gasteiger partial charge in [0, 0.05) is 24.2 Å². The van der Waals surface area contributed by atoms with E-state index in [1.165, 1.54) is 19.2 Å². The third kappa shape index (κ3) is 3.18. The van der Waals surface area contributed by atoms with Gasteiger partial charge < -0.3 is 10.1 Å². The molecule has 118 valence electrons. The number of anilines is 1. The van der Waals surface area contributed by atoms with Gasteiger partial charge in [0.05, 0.1) is 6.61 Å². The molecule has 2 aromatic heterocycles. The number of esters is 1. The largest absolute Gasteiger partial charge is 0.466 e. The molecule has 0 amide bonds. The Hall–Kier alpha value is -2.18. The van der Waals surface area contributed by atoms with Gasteiger partial charge in [-0.05, 0) is 39.0 Å². The highest BCUT2D eigenvalue weighted by molar-refractivity contribution is 5.70. The summed E-state index contributed by atoms with van der Waals surface area (Å²) in [7, 11) is 0. The van der Waals surface area contributed by atoms with Crippen LogP contribution < -0.4 is 5.32 Å². The summed E-state index contributed by atoms with van der Waals surface area (Å²) in [5.41, 5.74) is 1.88. The van der Waals surface area contributed by atoms with Gasteiger partial charge in [0.25, 0.3) is 5.78 Å². The van der Waals surface area contributed by atoms with Crippen LogP contribution in [0.25, 0.3) is 5.78 Å². The van der Waals surface area contributed by atoms with Gasteiger partial charge in [-0.25, -0.2) is 4.98 Å². The van der Waals surface area contributed by atoms with Gasteiger partial charge >= 0.3 is 5.97 Å². The van der Waals surface area contributed by atoms with Crippen LogP contribution in [0.5, 0.6) is 0 Å². The molecule has 1 saturated carbocycles. The van der Waals surface area contributed by atoms with Crippen molar-refractivity contribution in [2.45, 2.75) is 39.5 Å². The van der Waals surface area contributed by atoms with Gasteiger partial charge in [-0.15, -0.1) is 0 Å². The quantitative estimate of drug-likeness (QED) is 0.785. The number of fused-ring (bicyclic) bond motifs is 1. The first kappa shape index (κ1) is 14.7. The standard InChI is InChI=1S/C15H21N5O2/c1-3-22-13(21)7-6-12-10(2)19-15-17-9-18-20(15)14(12)16-8-11-4-5-11/h9,11,16H,3-8H2,1-2H3. The Bertz CT molecular complexity index is 678. The van der Waals surface area contributed by atoms with Gasteiger partial charge in [-0.2, -0.15) is 14.6 Å². The second-order valence-electron chi connectivity index (χ2n) is 5.63. The highest BCUT2D eigenvalue weighted by Gasteiger charge is 2.23. The average molecular weight is 303 g/mol. The fraction of sp³-hybridized carbons (Fsp3) is 0.600. The Labute approximate surface area is 129 Å². The molecule has 7 heteroatoms. The number of rotatable bonds is 7. The van der Waals surface area contributed by atoms with Gasteiger partial charge in [0.1, 0.15) is 12.1 Å². The third-order valence-electron chi connectivity index (χ3n) is 3.87. The van der Waals surface area contributed by atoms with Crippen molar-refractivity contribution in [1.29, 1.82) is 0 Å². The summed E-state index contributed by atoms with van der Waals surface area (Å²) in [6.07, 6.45) is 4.97. The number of aryl methyl sites for hydroxylation is 1. The zero-order valence-corrected chi connectivity index (χ0v) is 13.0. The molecule has 0 saturated heterocycles. The highest BCUT2D eigenvalue weighted by Crippen LogP contribution is 2.30. The summed E-state index contributed by atoms with van der Waals surface area (Å²) in [6, 6.07) is 0. The second kappa shape index (κ2) is 6.29. The Kier molecular flexibility index (Phi) is 4.22. The molecule has 0 unspecified atom stereocenters. The number of carbonyl (C=O) groups excluding carboxylic acids is 1. The zero-order valence-electron chi connectivity index (χ0n) is 13.0. The van der Waals surface area contributed by atoms with Gasteiger partial charge in [-0.3, -0.25) is 4.79 Å². The lowest BCUT2D eigenvalue weighted by molar-refractivity contribution is -0.143. The number of ether oxygens (including phenoxy) is 1. The second-order valence-corrected chi connectivity index (χ2v) is 5.63. The van der Waals surface area contributed by atoms with E-state index in [0.717, 1.165) is 29.5 Å². The minimum Gasteiger partial charge on any atom is -0.466 e. The molecule has 3 rings (SSSR count). The minimum absolute atomic E-state index is 0.186. The summed E-state index contributed by atoms with van der Waals surface area (Å²) in [5.74, 6) is 2.03. The first-order valence-corrected chi connectivity index (χ1v) is 7.77. The van der Waals surface area contributed by atoms with Crippen LogP contribution in [0.2, 0.25) is 0 Å². The fourth-order valence-electron chi connectivity index (χ4n) is 2.49. The third-order valence-corrected chi connectivity index (χ3v) is 3.87. The molecule has 1 aliphatic rings. The van der Waals surface area contributed by atoms with Crippen molar-refractivity contribution < 1.29 is 9.53 Å². The molecule has 0 spiro atoms. The normalized spacial score (nSPS) is 14.3. The monoisotopic (exact) mass is 303 g/mol. The van der Waals surface area contributed by atoms with Gasteiger partial charge in [0.2, 0.25) is 0 Å². The fourth-order valence-corrected chi connectivity index (χ4v) is 2.49. The molecular weight excluding hydrogens is 282 g/mol. The molecule has 1 aliphatic carbocycles. The maximum Gasteiger partial charge on any atom is 0.306 e. The van der Waals surface area contributed by atoms with Crippen molar-refractivity contribution in [2.75, 3.05) is 18.5 Å². The first-order valence-electron chi connectivity index (χ1n) is 7.77. The molecular formula is C15H21N5O2. The smallest absolute Gasteiger partial charge is 0.306 e. The molecule has 0 aliphatic heterocycles. The van der Waals surface area contributed by atoms with Crippen LogP contribution in [-0.4, -0.2) is 38.7 Å². The van der Waals surface area contributed by atoms with Crippen LogP contribution >= 0.6 is 0 Å². The zero-order chi connectivity index (χ0) is 15.5. The van der Waals surface area contributed by atoms with E-state index in [2.05, 4.69) is 20.4 Å². The summed E-state index contributed by atoms with van der Waals surface area (Å²) in [6.45, 7) is 5.09. The molecule has 2 aromatic rings. The number of aromatic nitrogens is 4. The maximum absolute atomic E-state index is 11.6. The summed E-state index contributed by atoms with van der Waals surface area (Å²) in [5, 5.41) is 7.72. The lowest BCUT2D eigenvalue weighted by Gasteiger charge is -2.15. The minimum atomic E-state index is -0.186. The van der Waals surface area contributed by atoms with E-state index >= 15 is 0 Å². The summed E-state index contributed by atoms with van der Waals surface area (Å²) >= 11 is 0. The van der Waals surface area contributed by atoms with Gasteiger partial charge in [-0.1, -0.05) is 0 Å². The molecule has 0 radical (unpaired) electrons. The van der Waals surface area contributed by atoms with E-state index in [-0.39, 0.29) is 5.97 Å². The van der Waals surface area contributed by atoms with E-state index in [9.17, 15) is 4.79 Å². The maximum atomic E-state index is 11.6. The number of nitrogens with zero attached hydrogens (tertiary/aromatic N) is 4. The predicted molar refractivity (Wildman–Crippen MR) is 81.7 cm³/mol. The van der Waals surface area contributed by atoms with Crippen molar-refractivity contribution in [1.82, 2.24) is 19.6 Å². The Morgan fingerprint density at radius 3 is 3.05 bits per heavy atom. The van der Waals surface area contributed by atoms with E-state index in [4.69, 9.17) is 4.74 Å². The molecule has 22 heavy (non-hydrogen) atoms. The van der Waals surface area contributed by atoms with Crippen molar-refractivity contribution >= 4 is 17.6 Å². The van der Waals surface area contributed by atoms with Crippen molar-refractivity contribution in [2.24, 2.45) is 5.92 Å². The number of hydrogen-bond donors (Lipinski definition) is 1. The average Bonchev–Trinajstić information content (AvgIpc) is 3.20. The molecule has 0 aromatic carbocycles. The van der Waals surface area contributed by atoms with Crippen LogP contribution in [0.3, 0.4) is 0 Å². The van der Waals surface area contributed by atoms with Crippen molar-refractivity contribution in [3.8, 4) is 0 Å². The van der Waals surface area contributed by atoms with Crippen LogP contribution in [0, 0.1) is 12.8 Å². The number of nitrogens with one attached hydrogen (secondary N) is 1. The van der Waals surface area contributed by atoms with E-state index in [1.54, 1.807) is 4.52 Å². The molecule has 7 nitrogen and oxygen atoms in total. The van der Waals surface area contributed by atoms with Crippen molar-refractivity contribution in [3.63, 3.8) is 0 Å². The van der Waals surface area contributed by atoms with E-state index in [1.807, 2.05) is 13.8 Å². The lowest BCUT2D eigenvalue weighted by atomic mass is 10.1. The predicted octanol–water partition coefficient (Wildman–Crippen LogP) is 1.75. The number of hydrogen-bond acceptors (Lipinski definition) is 6. The highest BCUT2D eigenvalue weighted by atomic mass is 16.5. The van der Waals surface area contributed by atoms with Crippen LogP contribution in [-0.2, 0) is 16.0 Å². The molecule has 1 fully saturated rings. The molecule has 1 N–H and O–H groups in total.